The Kier molecular flexibility index (Phi) is 5.87. The summed E-state index contributed by atoms with van der Waals surface area (Å²) < 4.78 is 23.0. The fourth-order valence-electron chi connectivity index (χ4n) is 4.48. The summed E-state index contributed by atoms with van der Waals surface area (Å²) in [4.78, 5) is 42.1. The molecule has 1 unspecified atom stereocenters. The van der Waals surface area contributed by atoms with Crippen LogP contribution in [-0.2, 0) is 19.6 Å². The zero-order chi connectivity index (χ0) is 23.0. The highest BCUT2D eigenvalue weighted by Crippen LogP contribution is 2.33. The predicted octanol–water partition coefficient (Wildman–Crippen LogP) is 2.36. The van der Waals surface area contributed by atoms with E-state index in [4.69, 9.17) is 5.14 Å². The first kappa shape index (κ1) is 22.2. The van der Waals surface area contributed by atoms with Crippen LogP contribution >= 0.6 is 0 Å². The standard InChI is InChI=1S/C23H25N3O5S/c1-15-6-8-16(9-7-15)22(28)25(17-4-2-3-5-17)20-14-21(27)26(23(20)29)18-10-12-19(13-11-18)32(24,30)31/h6-13,17,20H,2-5,14H2,1H3,(H2,24,30,31). The van der Waals surface area contributed by atoms with Gasteiger partial charge in [0.2, 0.25) is 15.9 Å². The molecule has 9 heteroatoms. The lowest BCUT2D eigenvalue weighted by Crippen LogP contribution is -2.50. The molecule has 0 aromatic heterocycles. The molecule has 1 aliphatic carbocycles. The van der Waals surface area contributed by atoms with E-state index in [-0.39, 0.29) is 29.0 Å². The summed E-state index contributed by atoms with van der Waals surface area (Å²) in [5.41, 5.74) is 1.76. The fraction of sp³-hybridized carbons (Fsp3) is 0.348. The lowest BCUT2D eigenvalue weighted by molar-refractivity contribution is -0.123. The molecule has 2 aromatic rings. The Morgan fingerprint density at radius 2 is 1.59 bits per heavy atom. The average Bonchev–Trinajstić information content (AvgIpc) is 3.37. The minimum absolute atomic E-state index is 0.102. The number of anilines is 1. The van der Waals surface area contributed by atoms with Crippen molar-refractivity contribution in [1.82, 2.24) is 4.90 Å². The van der Waals surface area contributed by atoms with Crippen molar-refractivity contribution in [3.63, 3.8) is 0 Å². The highest BCUT2D eigenvalue weighted by atomic mass is 32.2. The molecule has 3 amide bonds. The Morgan fingerprint density at radius 3 is 2.16 bits per heavy atom. The summed E-state index contributed by atoms with van der Waals surface area (Å²) in [5, 5.41) is 5.12. The van der Waals surface area contributed by atoms with Crippen LogP contribution in [0, 0.1) is 6.92 Å². The van der Waals surface area contributed by atoms with Crippen molar-refractivity contribution in [2.24, 2.45) is 5.14 Å². The number of primary sulfonamides is 1. The van der Waals surface area contributed by atoms with Crippen molar-refractivity contribution in [3.8, 4) is 0 Å². The third kappa shape index (κ3) is 4.18. The first-order chi connectivity index (χ1) is 15.2. The van der Waals surface area contributed by atoms with E-state index in [2.05, 4.69) is 0 Å². The van der Waals surface area contributed by atoms with Gasteiger partial charge in [0, 0.05) is 11.6 Å². The number of imide groups is 1. The first-order valence-corrected chi connectivity index (χ1v) is 12.1. The Hall–Kier alpha value is -3.04. The molecule has 2 fully saturated rings. The molecule has 0 spiro atoms. The van der Waals surface area contributed by atoms with E-state index < -0.39 is 27.9 Å². The van der Waals surface area contributed by atoms with Gasteiger partial charge in [-0.15, -0.1) is 0 Å². The summed E-state index contributed by atoms with van der Waals surface area (Å²) in [5.74, 6) is -1.16. The normalized spacial score (nSPS) is 19.6. The minimum Gasteiger partial charge on any atom is -0.323 e. The smallest absolute Gasteiger partial charge is 0.257 e. The largest absolute Gasteiger partial charge is 0.323 e. The predicted molar refractivity (Wildman–Crippen MR) is 118 cm³/mol. The van der Waals surface area contributed by atoms with Crippen LogP contribution in [0.1, 0.15) is 48.0 Å². The molecule has 2 N–H and O–H groups in total. The van der Waals surface area contributed by atoms with E-state index in [9.17, 15) is 22.8 Å². The number of hydrogen-bond donors (Lipinski definition) is 1. The van der Waals surface area contributed by atoms with Gasteiger partial charge in [-0.1, -0.05) is 30.5 Å². The van der Waals surface area contributed by atoms with Gasteiger partial charge in [0.25, 0.3) is 11.8 Å². The molecule has 2 aliphatic rings. The van der Waals surface area contributed by atoms with Crippen molar-refractivity contribution in [2.45, 2.75) is 56.0 Å². The van der Waals surface area contributed by atoms with Crippen molar-refractivity contribution >= 4 is 33.4 Å². The maximum atomic E-state index is 13.4. The summed E-state index contributed by atoms with van der Waals surface area (Å²) in [6.07, 6.45) is 3.41. The molecule has 0 bridgehead atoms. The molecule has 168 valence electrons. The van der Waals surface area contributed by atoms with Gasteiger partial charge in [-0.3, -0.25) is 14.4 Å². The zero-order valence-corrected chi connectivity index (χ0v) is 18.5. The highest BCUT2D eigenvalue weighted by molar-refractivity contribution is 7.89. The molecular weight excluding hydrogens is 430 g/mol. The second kappa shape index (κ2) is 8.48. The van der Waals surface area contributed by atoms with E-state index in [0.717, 1.165) is 36.1 Å². The zero-order valence-electron chi connectivity index (χ0n) is 17.7. The minimum atomic E-state index is -3.89. The van der Waals surface area contributed by atoms with Crippen LogP contribution in [0.3, 0.4) is 0 Å². The summed E-state index contributed by atoms with van der Waals surface area (Å²) in [6, 6.07) is 11.4. The van der Waals surface area contributed by atoms with Crippen molar-refractivity contribution in [2.75, 3.05) is 4.90 Å². The Bertz CT molecular complexity index is 1150. The number of amides is 3. The number of rotatable bonds is 5. The third-order valence-corrected chi connectivity index (χ3v) is 7.06. The topological polar surface area (TPSA) is 118 Å². The molecule has 0 radical (unpaired) electrons. The molecule has 1 saturated heterocycles. The number of nitrogens with two attached hydrogens (primary N) is 1. The van der Waals surface area contributed by atoms with Crippen molar-refractivity contribution in [3.05, 3.63) is 59.7 Å². The van der Waals surface area contributed by atoms with Crippen LogP contribution in [0.5, 0.6) is 0 Å². The number of sulfonamides is 1. The fourth-order valence-corrected chi connectivity index (χ4v) is 4.99. The summed E-state index contributed by atoms with van der Waals surface area (Å²) in [7, 11) is -3.89. The quantitative estimate of drug-likeness (QED) is 0.695. The van der Waals surface area contributed by atoms with Crippen LogP contribution in [-0.4, -0.2) is 43.1 Å². The van der Waals surface area contributed by atoms with E-state index in [1.165, 1.54) is 24.3 Å². The van der Waals surface area contributed by atoms with Gasteiger partial charge in [-0.2, -0.15) is 0 Å². The van der Waals surface area contributed by atoms with Crippen LogP contribution in [0.15, 0.2) is 53.4 Å². The molecule has 8 nitrogen and oxygen atoms in total. The van der Waals surface area contributed by atoms with Gasteiger partial charge in [0.15, 0.2) is 0 Å². The molecule has 1 heterocycles. The highest BCUT2D eigenvalue weighted by Gasteiger charge is 2.47. The lowest BCUT2D eigenvalue weighted by atomic mass is 10.0. The molecular formula is C23H25N3O5S. The maximum absolute atomic E-state index is 13.4. The summed E-state index contributed by atoms with van der Waals surface area (Å²) >= 11 is 0. The van der Waals surface area contributed by atoms with Gasteiger partial charge >= 0.3 is 0 Å². The Balaban J connectivity index is 1.65. The molecule has 1 aliphatic heterocycles. The van der Waals surface area contributed by atoms with Crippen LogP contribution in [0.2, 0.25) is 0 Å². The number of benzene rings is 2. The van der Waals surface area contributed by atoms with E-state index >= 15 is 0 Å². The number of carbonyl (C=O) groups is 3. The average molecular weight is 456 g/mol. The van der Waals surface area contributed by atoms with Crippen LogP contribution in [0.25, 0.3) is 0 Å². The van der Waals surface area contributed by atoms with Gasteiger partial charge < -0.3 is 4.90 Å². The summed E-state index contributed by atoms with van der Waals surface area (Å²) in [6.45, 7) is 1.93. The number of carbonyl (C=O) groups excluding carboxylic acids is 3. The van der Waals surface area contributed by atoms with E-state index in [1.807, 2.05) is 19.1 Å². The second-order valence-corrected chi connectivity index (χ2v) is 9.90. The SMILES string of the molecule is Cc1ccc(C(=O)N(C2CCCC2)C2CC(=O)N(c3ccc(S(N)(=O)=O)cc3)C2=O)cc1. The molecule has 32 heavy (non-hydrogen) atoms. The monoisotopic (exact) mass is 455 g/mol. The molecule has 1 atom stereocenters. The van der Waals surface area contributed by atoms with Crippen molar-refractivity contribution < 1.29 is 22.8 Å². The molecule has 4 rings (SSSR count). The van der Waals surface area contributed by atoms with Gasteiger partial charge in [-0.05, 0) is 56.2 Å². The molecule has 1 saturated carbocycles. The number of aryl methyl sites for hydroxylation is 1. The van der Waals surface area contributed by atoms with Gasteiger partial charge in [0.05, 0.1) is 17.0 Å². The number of nitrogens with zero attached hydrogens (tertiary/aromatic N) is 2. The Labute approximate surface area is 187 Å². The van der Waals surface area contributed by atoms with E-state index in [1.54, 1.807) is 17.0 Å². The maximum Gasteiger partial charge on any atom is 0.257 e. The van der Waals surface area contributed by atoms with Crippen LogP contribution < -0.4 is 10.0 Å². The van der Waals surface area contributed by atoms with Crippen molar-refractivity contribution in [1.29, 1.82) is 0 Å². The first-order valence-electron chi connectivity index (χ1n) is 10.6. The van der Waals surface area contributed by atoms with E-state index in [0.29, 0.717) is 5.56 Å². The third-order valence-electron chi connectivity index (χ3n) is 6.13. The number of hydrogen-bond acceptors (Lipinski definition) is 5. The van der Waals surface area contributed by atoms with Gasteiger partial charge in [0.1, 0.15) is 6.04 Å². The molecule has 2 aromatic carbocycles. The second-order valence-electron chi connectivity index (χ2n) is 8.34. The van der Waals surface area contributed by atoms with Gasteiger partial charge in [-0.25, -0.2) is 18.5 Å². The Morgan fingerprint density at radius 1 is 1.00 bits per heavy atom. The van der Waals surface area contributed by atoms with Crippen LogP contribution in [0.4, 0.5) is 5.69 Å². The lowest BCUT2D eigenvalue weighted by Gasteiger charge is -2.33.